The number of fused-ring (bicyclic) bond motifs is 2. The molecule has 5 aromatic rings. The van der Waals surface area contributed by atoms with Crippen LogP contribution in [0.4, 0.5) is 4.79 Å². The van der Waals surface area contributed by atoms with Crippen molar-refractivity contribution in [3.8, 4) is 22.3 Å². The highest BCUT2D eigenvalue weighted by atomic mass is 16.5. The third kappa shape index (κ3) is 4.15. The Hall–Kier alpha value is -4.10. The second-order valence-electron chi connectivity index (χ2n) is 9.03. The summed E-state index contributed by atoms with van der Waals surface area (Å²) in [4.78, 5) is 27.1. The van der Waals surface area contributed by atoms with Gasteiger partial charge >= 0.3 is 6.09 Å². The predicted molar refractivity (Wildman–Crippen MR) is 138 cm³/mol. The minimum Gasteiger partial charge on any atom is -0.453 e. The van der Waals surface area contributed by atoms with Gasteiger partial charge < -0.3 is 19.6 Å². The number of hydrogen-bond donors (Lipinski definition) is 2. The summed E-state index contributed by atoms with van der Waals surface area (Å²) in [5, 5.41) is 2.31. The van der Waals surface area contributed by atoms with Gasteiger partial charge in [0.1, 0.15) is 5.65 Å². The monoisotopic (exact) mass is 465 g/mol. The van der Waals surface area contributed by atoms with Gasteiger partial charge in [0.15, 0.2) is 0 Å². The number of H-pyrrole nitrogens is 2. The molecule has 1 aliphatic rings. The molecule has 0 spiro atoms. The fourth-order valence-corrected chi connectivity index (χ4v) is 4.90. The van der Waals surface area contributed by atoms with E-state index in [1.54, 1.807) is 4.90 Å². The average Bonchev–Trinajstić information content (AvgIpc) is 3.55. The number of benzene rings is 2. The van der Waals surface area contributed by atoms with Crippen LogP contribution in [-0.4, -0.2) is 64.1 Å². The van der Waals surface area contributed by atoms with Gasteiger partial charge in [0.25, 0.3) is 0 Å². The van der Waals surface area contributed by atoms with Gasteiger partial charge in [-0.1, -0.05) is 30.3 Å². The number of nitrogens with one attached hydrogen (secondary N) is 2. The first-order valence-electron chi connectivity index (χ1n) is 11.9. The van der Waals surface area contributed by atoms with Gasteiger partial charge in [0.05, 0.1) is 7.11 Å². The molecule has 0 unspecified atom stereocenters. The highest BCUT2D eigenvalue weighted by molar-refractivity contribution is 5.98. The van der Waals surface area contributed by atoms with Crippen LogP contribution >= 0.6 is 0 Å². The first kappa shape index (κ1) is 21.4. The Morgan fingerprint density at radius 3 is 2.54 bits per heavy atom. The molecule has 7 nitrogen and oxygen atoms in total. The predicted octanol–water partition coefficient (Wildman–Crippen LogP) is 5.26. The summed E-state index contributed by atoms with van der Waals surface area (Å²) in [6.07, 6.45) is 5.70. The molecule has 3 aromatic heterocycles. The zero-order valence-electron chi connectivity index (χ0n) is 19.6. The van der Waals surface area contributed by atoms with Crippen LogP contribution in [0.25, 0.3) is 44.2 Å². The normalized spacial score (nSPS) is 14.6. The summed E-state index contributed by atoms with van der Waals surface area (Å²) in [7, 11) is 1.43. The van der Waals surface area contributed by atoms with E-state index < -0.39 is 0 Å². The number of ether oxygens (including phenoxy) is 1. The Bertz CT molecular complexity index is 1490. The van der Waals surface area contributed by atoms with Crippen molar-refractivity contribution in [3.05, 3.63) is 78.8 Å². The van der Waals surface area contributed by atoms with E-state index >= 15 is 0 Å². The Morgan fingerprint density at radius 1 is 0.943 bits per heavy atom. The lowest BCUT2D eigenvalue weighted by Gasteiger charge is -2.33. The highest BCUT2D eigenvalue weighted by Gasteiger charge is 2.21. The van der Waals surface area contributed by atoms with Gasteiger partial charge in [0.2, 0.25) is 0 Å². The largest absolute Gasteiger partial charge is 0.453 e. The number of nitrogens with zero attached hydrogens (tertiary/aromatic N) is 3. The lowest BCUT2D eigenvalue weighted by molar-refractivity contribution is 0.0889. The molecule has 176 valence electrons. The standard InChI is InChI=1S/C28H27N5O2/c1-35-28(34)33-12-10-32(11-13-33)18-19-2-4-20(5-3-19)23-15-24-25(17-31-27(24)30-16-23)21-6-7-26-22(14-21)8-9-29-26/h2-9,14-17,29H,10-13,18H2,1H3,(H,30,31). The van der Waals surface area contributed by atoms with Crippen molar-refractivity contribution < 1.29 is 9.53 Å². The van der Waals surface area contributed by atoms with E-state index in [0.717, 1.165) is 52.9 Å². The number of carbonyl (C=O) groups is 1. The molecule has 1 amide bonds. The Morgan fingerprint density at radius 2 is 1.74 bits per heavy atom. The van der Waals surface area contributed by atoms with Crippen molar-refractivity contribution in [1.29, 1.82) is 0 Å². The third-order valence-corrected chi connectivity index (χ3v) is 6.89. The van der Waals surface area contributed by atoms with Crippen LogP contribution in [0.2, 0.25) is 0 Å². The van der Waals surface area contributed by atoms with Crippen LogP contribution in [0.15, 0.2) is 73.2 Å². The van der Waals surface area contributed by atoms with Gasteiger partial charge in [-0.05, 0) is 46.3 Å². The molecular weight excluding hydrogens is 438 g/mol. The first-order chi connectivity index (χ1) is 17.2. The van der Waals surface area contributed by atoms with E-state index in [9.17, 15) is 4.79 Å². The van der Waals surface area contributed by atoms with Crippen LogP contribution in [-0.2, 0) is 11.3 Å². The minimum absolute atomic E-state index is 0.241. The number of rotatable bonds is 4. The molecular formula is C28H27N5O2. The van der Waals surface area contributed by atoms with E-state index in [-0.39, 0.29) is 6.09 Å². The fourth-order valence-electron chi connectivity index (χ4n) is 4.90. The van der Waals surface area contributed by atoms with E-state index in [0.29, 0.717) is 13.1 Å². The van der Waals surface area contributed by atoms with Gasteiger partial charge in [-0.15, -0.1) is 0 Å². The summed E-state index contributed by atoms with van der Waals surface area (Å²) >= 11 is 0. The quantitative estimate of drug-likeness (QED) is 0.379. The number of piperazine rings is 1. The van der Waals surface area contributed by atoms with E-state index in [2.05, 4.69) is 74.4 Å². The first-order valence-corrected chi connectivity index (χ1v) is 11.9. The van der Waals surface area contributed by atoms with Crippen molar-refractivity contribution in [2.45, 2.75) is 6.54 Å². The molecule has 2 N–H and O–H groups in total. The molecule has 7 heteroatoms. The van der Waals surface area contributed by atoms with E-state index in [1.165, 1.54) is 23.6 Å². The minimum atomic E-state index is -0.241. The number of aromatic nitrogens is 3. The molecule has 0 aliphatic carbocycles. The summed E-state index contributed by atoms with van der Waals surface area (Å²) in [6.45, 7) is 3.97. The molecule has 0 saturated carbocycles. The Balaban J connectivity index is 1.20. The van der Waals surface area contributed by atoms with Crippen molar-refractivity contribution >= 4 is 28.0 Å². The number of methoxy groups -OCH3 is 1. The summed E-state index contributed by atoms with van der Waals surface area (Å²) < 4.78 is 4.83. The van der Waals surface area contributed by atoms with Gasteiger partial charge in [-0.3, -0.25) is 4.90 Å². The van der Waals surface area contributed by atoms with Crippen molar-refractivity contribution in [2.75, 3.05) is 33.3 Å². The topological polar surface area (TPSA) is 77.2 Å². The Labute approximate surface area is 203 Å². The molecule has 4 heterocycles. The molecule has 0 radical (unpaired) electrons. The van der Waals surface area contributed by atoms with Crippen LogP contribution < -0.4 is 0 Å². The molecule has 1 aliphatic heterocycles. The van der Waals surface area contributed by atoms with Crippen LogP contribution in [0.3, 0.4) is 0 Å². The number of carbonyl (C=O) groups excluding carboxylic acids is 1. The number of pyridine rings is 1. The average molecular weight is 466 g/mol. The molecule has 35 heavy (non-hydrogen) atoms. The van der Waals surface area contributed by atoms with E-state index in [4.69, 9.17) is 4.74 Å². The van der Waals surface area contributed by atoms with Crippen LogP contribution in [0, 0.1) is 0 Å². The van der Waals surface area contributed by atoms with Crippen LogP contribution in [0.5, 0.6) is 0 Å². The van der Waals surface area contributed by atoms with Gasteiger partial charge in [0, 0.05) is 73.3 Å². The lowest BCUT2D eigenvalue weighted by Crippen LogP contribution is -2.48. The second kappa shape index (κ2) is 8.92. The molecule has 0 atom stereocenters. The van der Waals surface area contributed by atoms with Crippen molar-refractivity contribution in [3.63, 3.8) is 0 Å². The summed E-state index contributed by atoms with van der Waals surface area (Å²) in [5.74, 6) is 0. The second-order valence-corrected chi connectivity index (χ2v) is 9.03. The molecule has 1 fully saturated rings. The number of hydrogen-bond acceptors (Lipinski definition) is 4. The number of amides is 1. The zero-order chi connectivity index (χ0) is 23.8. The van der Waals surface area contributed by atoms with E-state index in [1.807, 2.05) is 18.6 Å². The fraction of sp³-hybridized carbons (Fsp3) is 0.214. The lowest BCUT2D eigenvalue weighted by atomic mass is 10.0. The molecule has 0 bridgehead atoms. The third-order valence-electron chi connectivity index (χ3n) is 6.89. The number of aromatic amines is 2. The summed E-state index contributed by atoms with van der Waals surface area (Å²) in [5.41, 5.74) is 7.85. The maximum absolute atomic E-state index is 11.7. The van der Waals surface area contributed by atoms with Gasteiger partial charge in [-0.25, -0.2) is 9.78 Å². The highest BCUT2D eigenvalue weighted by Crippen LogP contribution is 2.32. The van der Waals surface area contributed by atoms with Crippen molar-refractivity contribution in [2.24, 2.45) is 0 Å². The maximum Gasteiger partial charge on any atom is 0.409 e. The molecule has 1 saturated heterocycles. The Kier molecular flexibility index (Phi) is 5.47. The summed E-state index contributed by atoms with van der Waals surface area (Å²) in [6, 6.07) is 19.5. The van der Waals surface area contributed by atoms with Crippen LogP contribution in [0.1, 0.15) is 5.56 Å². The zero-order valence-corrected chi connectivity index (χ0v) is 19.6. The molecule has 2 aromatic carbocycles. The smallest absolute Gasteiger partial charge is 0.409 e. The SMILES string of the molecule is COC(=O)N1CCN(Cc2ccc(-c3cnc4[nH]cc(-c5ccc6[nH]ccc6c5)c4c3)cc2)CC1. The van der Waals surface area contributed by atoms with Crippen molar-refractivity contribution in [1.82, 2.24) is 24.8 Å². The van der Waals surface area contributed by atoms with Gasteiger partial charge in [-0.2, -0.15) is 0 Å². The maximum atomic E-state index is 11.7. The molecule has 6 rings (SSSR count).